The van der Waals surface area contributed by atoms with Crippen LogP contribution in [-0.2, 0) is 20.9 Å². The quantitative estimate of drug-likeness (QED) is 0.335. The second kappa shape index (κ2) is 14.4. The normalized spacial score (nSPS) is 13.2. The molecular formula is C31H45N3O4S. The lowest BCUT2D eigenvalue weighted by atomic mass is 9.90. The van der Waals surface area contributed by atoms with Gasteiger partial charge in [0.05, 0.1) is 0 Å². The molecule has 0 saturated heterocycles. The molecule has 2 atom stereocenters. The van der Waals surface area contributed by atoms with Gasteiger partial charge in [0.25, 0.3) is 0 Å². The van der Waals surface area contributed by atoms with Gasteiger partial charge in [0.1, 0.15) is 17.7 Å². The highest BCUT2D eigenvalue weighted by Gasteiger charge is 2.43. The topological polar surface area (TPSA) is 87.7 Å². The fourth-order valence-electron chi connectivity index (χ4n) is 4.23. The van der Waals surface area contributed by atoms with Crippen LogP contribution in [0.1, 0.15) is 77.1 Å². The van der Waals surface area contributed by atoms with Gasteiger partial charge in [-0.1, -0.05) is 61.5 Å². The lowest BCUT2D eigenvalue weighted by molar-refractivity contribution is -0.149. The predicted octanol–water partition coefficient (Wildman–Crippen LogP) is 6.02. The molecule has 0 aliphatic carbocycles. The Bertz CT molecular complexity index is 1100. The largest absolute Gasteiger partial charge is 0.444 e. The fraction of sp³-hybridized carbons (Fsp3) is 0.516. The lowest BCUT2D eigenvalue weighted by Gasteiger charge is -2.45. The average molecular weight is 556 g/mol. The van der Waals surface area contributed by atoms with Gasteiger partial charge >= 0.3 is 6.09 Å². The minimum absolute atomic E-state index is 0.274. The molecule has 39 heavy (non-hydrogen) atoms. The highest BCUT2D eigenvalue weighted by Crippen LogP contribution is 2.34. The number of thioether (sulfide) groups is 1. The molecule has 0 aliphatic heterocycles. The number of hydrogen-bond acceptors (Lipinski definition) is 5. The zero-order valence-electron chi connectivity index (χ0n) is 24.7. The summed E-state index contributed by atoms with van der Waals surface area (Å²) < 4.78 is 5.48. The molecule has 0 fully saturated rings. The van der Waals surface area contributed by atoms with Crippen LogP contribution >= 0.6 is 11.8 Å². The molecule has 0 aliphatic rings. The second-order valence-corrected chi connectivity index (χ2v) is 12.3. The maximum absolute atomic E-state index is 14.4. The lowest BCUT2D eigenvalue weighted by Crippen LogP contribution is -2.59. The standard InChI is InChI=1S/C31H45N3O4S/c1-9-31(6,7)34(28(36)25(19-20-39-8)33-29(37)38-30(3,4)5)26(24-18-14-13-15-22(24)2)27(35)32-21-23-16-11-10-12-17-23/h10-18,25-26H,9,19-21H2,1-8H3,(H,32,35)(H,33,37). The number of amides is 3. The molecule has 0 radical (unpaired) electrons. The summed E-state index contributed by atoms with van der Waals surface area (Å²) in [5, 5.41) is 5.87. The summed E-state index contributed by atoms with van der Waals surface area (Å²) in [6.07, 6.45) is 2.31. The van der Waals surface area contributed by atoms with Gasteiger partial charge < -0.3 is 20.3 Å². The smallest absolute Gasteiger partial charge is 0.408 e. The van der Waals surface area contributed by atoms with Crippen molar-refractivity contribution < 1.29 is 19.1 Å². The van der Waals surface area contributed by atoms with Gasteiger partial charge in [0.15, 0.2) is 0 Å². The van der Waals surface area contributed by atoms with Gasteiger partial charge in [-0.05, 0) is 83.1 Å². The van der Waals surface area contributed by atoms with Crippen LogP contribution in [0.25, 0.3) is 0 Å². The zero-order chi connectivity index (χ0) is 29.2. The van der Waals surface area contributed by atoms with E-state index in [2.05, 4.69) is 10.6 Å². The average Bonchev–Trinajstić information content (AvgIpc) is 2.87. The van der Waals surface area contributed by atoms with Crippen LogP contribution in [0, 0.1) is 6.92 Å². The minimum atomic E-state index is -0.894. The van der Waals surface area contributed by atoms with E-state index in [1.807, 2.05) is 88.5 Å². The Kier molecular flexibility index (Phi) is 11.9. The fourth-order valence-corrected chi connectivity index (χ4v) is 4.70. The summed E-state index contributed by atoms with van der Waals surface area (Å²) in [5.74, 6) is 0.0655. The third-order valence-electron chi connectivity index (χ3n) is 6.65. The van der Waals surface area contributed by atoms with Crippen molar-refractivity contribution in [3.8, 4) is 0 Å². The van der Waals surface area contributed by atoms with Crippen LogP contribution in [0.4, 0.5) is 4.79 Å². The van der Waals surface area contributed by atoms with Crippen molar-refractivity contribution in [3.63, 3.8) is 0 Å². The number of rotatable bonds is 12. The number of alkyl carbamates (subject to hydrolysis) is 1. The number of ether oxygens (including phenoxy) is 1. The third-order valence-corrected chi connectivity index (χ3v) is 7.30. The SMILES string of the molecule is CCC(C)(C)N(C(=O)C(CCSC)NC(=O)OC(C)(C)C)C(C(=O)NCc1ccccc1)c1ccccc1C. The van der Waals surface area contributed by atoms with E-state index in [4.69, 9.17) is 4.74 Å². The molecule has 0 saturated carbocycles. The van der Waals surface area contributed by atoms with Crippen molar-refractivity contribution in [2.24, 2.45) is 0 Å². The highest BCUT2D eigenvalue weighted by atomic mass is 32.2. The number of hydrogen-bond donors (Lipinski definition) is 2. The van der Waals surface area contributed by atoms with E-state index < -0.39 is 29.3 Å². The van der Waals surface area contributed by atoms with Crippen LogP contribution < -0.4 is 10.6 Å². The van der Waals surface area contributed by atoms with Crippen molar-refractivity contribution in [3.05, 3.63) is 71.3 Å². The third kappa shape index (κ3) is 9.60. The molecule has 8 heteroatoms. The first-order chi connectivity index (χ1) is 18.3. The van der Waals surface area contributed by atoms with Gasteiger partial charge in [-0.25, -0.2) is 4.79 Å². The van der Waals surface area contributed by atoms with Crippen molar-refractivity contribution in [1.82, 2.24) is 15.5 Å². The van der Waals surface area contributed by atoms with E-state index in [9.17, 15) is 14.4 Å². The van der Waals surface area contributed by atoms with Crippen LogP contribution in [0.5, 0.6) is 0 Å². The van der Waals surface area contributed by atoms with E-state index in [0.717, 1.165) is 16.7 Å². The van der Waals surface area contributed by atoms with E-state index in [0.29, 0.717) is 25.1 Å². The molecule has 0 spiro atoms. The number of carbonyl (C=O) groups is 3. The Morgan fingerprint density at radius 2 is 1.59 bits per heavy atom. The van der Waals surface area contributed by atoms with E-state index in [1.165, 1.54) is 0 Å². The summed E-state index contributed by atoms with van der Waals surface area (Å²) >= 11 is 1.59. The number of nitrogens with one attached hydrogen (secondary N) is 2. The van der Waals surface area contributed by atoms with E-state index in [1.54, 1.807) is 37.4 Å². The molecule has 7 nitrogen and oxygen atoms in total. The van der Waals surface area contributed by atoms with Crippen molar-refractivity contribution >= 4 is 29.7 Å². The Balaban J connectivity index is 2.56. The van der Waals surface area contributed by atoms with E-state index >= 15 is 0 Å². The number of carbonyl (C=O) groups excluding carboxylic acids is 3. The minimum Gasteiger partial charge on any atom is -0.444 e. The Hall–Kier alpha value is -3.00. The molecule has 0 aromatic heterocycles. The Morgan fingerprint density at radius 3 is 2.15 bits per heavy atom. The zero-order valence-corrected chi connectivity index (χ0v) is 25.5. The summed E-state index contributed by atoms with van der Waals surface area (Å²) in [4.78, 5) is 42.9. The molecule has 2 rings (SSSR count). The number of benzene rings is 2. The van der Waals surface area contributed by atoms with Crippen LogP contribution in [0.15, 0.2) is 54.6 Å². The Labute approximate surface area is 238 Å². The highest BCUT2D eigenvalue weighted by molar-refractivity contribution is 7.98. The first-order valence-electron chi connectivity index (χ1n) is 13.5. The summed E-state index contributed by atoms with van der Waals surface area (Å²) in [5.41, 5.74) is 1.22. The Morgan fingerprint density at radius 1 is 0.974 bits per heavy atom. The van der Waals surface area contributed by atoms with Crippen molar-refractivity contribution in [2.45, 2.75) is 91.1 Å². The van der Waals surface area contributed by atoms with Crippen LogP contribution in [-0.4, -0.2) is 52.0 Å². The van der Waals surface area contributed by atoms with Crippen molar-refractivity contribution in [2.75, 3.05) is 12.0 Å². The van der Waals surface area contributed by atoms with E-state index in [-0.39, 0.29) is 11.8 Å². The maximum Gasteiger partial charge on any atom is 0.408 e. The summed E-state index contributed by atoms with van der Waals surface area (Å²) in [6.45, 7) is 13.5. The molecule has 2 aromatic rings. The molecule has 3 amide bonds. The molecule has 214 valence electrons. The van der Waals surface area contributed by atoms with Gasteiger partial charge in [0, 0.05) is 12.1 Å². The monoisotopic (exact) mass is 555 g/mol. The maximum atomic E-state index is 14.4. The van der Waals surface area contributed by atoms with Gasteiger partial charge in [-0.3, -0.25) is 9.59 Å². The first-order valence-corrected chi connectivity index (χ1v) is 14.9. The van der Waals surface area contributed by atoms with Crippen LogP contribution in [0.2, 0.25) is 0 Å². The van der Waals surface area contributed by atoms with Crippen molar-refractivity contribution in [1.29, 1.82) is 0 Å². The molecule has 0 heterocycles. The molecule has 2 unspecified atom stereocenters. The second-order valence-electron chi connectivity index (χ2n) is 11.3. The van der Waals surface area contributed by atoms with Gasteiger partial charge in [0.2, 0.25) is 11.8 Å². The van der Waals surface area contributed by atoms with Gasteiger partial charge in [-0.15, -0.1) is 0 Å². The predicted molar refractivity (Wildman–Crippen MR) is 160 cm³/mol. The molecular weight excluding hydrogens is 510 g/mol. The summed E-state index contributed by atoms with van der Waals surface area (Å²) in [7, 11) is 0. The number of aryl methyl sites for hydroxylation is 1. The molecule has 0 bridgehead atoms. The molecule has 2 N–H and O–H groups in total. The van der Waals surface area contributed by atoms with Gasteiger partial charge in [-0.2, -0.15) is 11.8 Å². The first kappa shape index (κ1) is 32.2. The molecule has 2 aromatic carbocycles. The summed E-state index contributed by atoms with van der Waals surface area (Å²) in [6, 6.07) is 15.6. The van der Waals surface area contributed by atoms with Crippen LogP contribution in [0.3, 0.4) is 0 Å². The number of nitrogens with zero attached hydrogens (tertiary/aromatic N) is 1.